The van der Waals surface area contributed by atoms with Crippen molar-refractivity contribution in [3.05, 3.63) is 58.9 Å². The number of hydrogen-bond acceptors (Lipinski definition) is 2. The number of rotatable bonds is 11. The van der Waals surface area contributed by atoms with Gasteiger partial charge >= 0.3 is 0 Å². The standard InChI is InChI=1S/C21H29ClN2/c1-2-3-4-8-20-15-16-21(24-23-20)14-13-19-11-9-18(10-12-19)7-5-6-17-22/h9-12,15-16H,2-8,13-14,17H2,1H3. The van der Waals surface area contributed by atoms with Gasteiger partial charge < -0.3 is 0 Å². The maximum Gasteiger partial charge on any atom is 0.0634 e. The molecule has 3 heteroatoms. The quantitative estimate of drug-likeness (QED) is 0.394. The zero-order valence-electron chi connectivity index (χ0n) is 14.8. The first kappa shape index (κ1) is 18.9. The molecule has 0 bridgehead atoms. The van der Waals surface area contributed by atoms with E-state index in [-0.39, 0.29) is 0 Å². The van der Waals surface area contributed by atoms with Crippen LogP contribution in [0.2, 0.25) is 0 Å². The highest BCUT2D eigenvalue weighted by molar-refractivity contribution is 6.17. The predicted octanol–water partition coefficient (Wildman–Crippen LogP) is 5.56. The van der Waals surface area contributed by atoms with Crippen LogP contribution in [0.4, 0.5) is 0 Å². The summed E-state index contributed by atoms with van der Waals surface area (Å²) in [5, 5.41) is 8.74. The molecule has 0 spiro atoms. The lowest BCUT2D eigenvalue weighted by Crippen LogP contribution is -2.00. The molecule has 0 N–H and O–H groups in total. The van der Waals surface area contributed by atoms with E-state index in [1.165, 1.54) is 36.8 Å². The van der Waals surface area contributed by atoms with Gasteiger partial charge in [0.05, 0.1) is 11.4 Å². The molecular formula is C21H29ClN2. The number of hydrogen-bond donors (Lipinski definition) is 0. The zero-order chi connectivity index (χ0) is 17.0. The van der Waals surface area contributed by atoms with E-state index >= 15 is 0 Å². The fourth-order valence-corrected chi connectivity index (χ4v) is 2.97. The number of aromatic nitrogens is 2. The first-order chi connectivity index (χ1) is 11.8. The van der Waals surface area contributed by atoms with Crippen LogP contribution in [0.3, 0.4) is 0 Å². The zero-order valence-corrected chi connectivity index (χ0v) is 15.6. The lowest BCUT2D eigenvalue weighted by Gasteiger charge is -2.05. The van der Waals surface area contributed by atoms with Crippen LogP contribution in [-0.2, 0) is 25.7 Å². The minimum absolute atomic E-state index is 0.760. The third-order valence-electron chi connectivity index (χ3n) is 4.35. The minimum atomic E-state index is 0.760. The van der Waals surface area contributed by atoms with Gasteiger partial charge in [-0.05, 0) is 68.2 Å². The van der Waals surface area contributed by atoms with Crippen LogP contribution in [0.25, 0.3) is 0 Å². The summed E-state index contributed by atoms with van der Waals surface area (Å²) in [7, 11) is 0. The molecule has 1 heterocycles. The van der Waals surface area contributed by atoms with Gasteiger partial charge in [0, 0.05) is 5.88 Å². The number of aryl methyl sites for hydroxylation is 4. The molecule has 0 saturated heterocycles. The molecule has 0 fully saturated rings. The smallest absolute Gasteiger partial charge is 0.0634 e. The summed E-state index contributed by atoms with van der Waals surface area (Å²) in [6, 6.07) is 13.2. The van der Waals surface area contributed by atoms with E-state index < -0.39 is 0 Å². The first-order valence-corrected chi connectivity index (χ1v) is 9.80. The van der Waals surface area contributed by atoms with E-state index in [0.717, 1.165) is 49.4 Å². The molecule has 0 radical (unpaired) electrons. The lowest BCUT2D eigenvalue weighted by molar-refractivity contribution is 0.695. The number of halogens is 1. The lowest BCUT2D eigenvalue weighted by atomic mass is 10.0. The molecule has 0 atom stereocenters. The van der Waals surface area contributed by atoms with Crippen molar-refractivity contribution in [2.24, 2.45) is 0 Å². The second-order valence-electron chi connectivity index (χ2n) is 6.44. The molecule has 0 aliphatic heterocycles. The maximum atomic E-state index is 5.72. The van der Waals surface area contributed by atoms with Gasteiger partial charge in [0.1, 0.15) is 0 Å². The van der Waals surface area contributed by atoms with Crippen molar-refractivity contribution in [3.63, 3.8) is 0 Å². The number of unbranched alkanes of at least 4 members (excludes halogenated alkanes) is 3. The molecule has 0 aliphatic rings. The van der Waals surface area contributed by atoms with Gasteiger partial charge in [-0.25, -0.2) is 0 Å². The fourth-order valence-electron chi connectivity index (χ4n) is 2.78. The molecule has 0 unspecified atom stereocenters. The third-order valence-corrected chi connectivity index (χ3v) is 4.62. The Kier molecular flexibility index (Phi) is 8.83. The average molecular weight is 345 g/mol. The summed E-state index contributed by atoms with van der Waals surface area (Å²) >= 11 is 5.72. The summed E-state index contributed by atoms with van der Waals surface area (Å²) in [5.74, 6) is 0.760. The Balaban J connectivity index is 1.76. The van der Waals surface area contributed by atoms with Crippen LogP contribution >= 0.6 is 11.6 Å². The summed E-state index contributed by atoms with van der Waals surface area (Å²) in [6.07, 6.45) is 10.1. The molecule has 2 nitrogen and oxygen atoms in total. The van der Waals surface area contributed by atoms with E-state index in [4.69, 9.17) is 11.6 Å². The van der Waals surface area contributed by atoms with Crippen molar-refractivity contribution in [1.82, 2.24) is 10.2 Å². The van der Waals surface area contributed by atoms with Gasteiger partial charge in [0.2, 0.25) is 0 Å². The number of alkyl halides is 1. The highest BCUT2D eigenvalue weighted by atomic mass is 35.5. The largest absolute Gasteiger partial charge is 0.155 e. The Bertz CT molecular complexity index is 510. The summed E-state index contributed by atoms with van der Waals surface area (Å²) in [6.45, 7) is 2.22. The Morgan fingerprint density at radius 1 is 0.667 bits per heavy atom. The van der Waals surface area contributed by atoms with Crippen molar-refractivity contribution in [2.45, 2.75) is 64.7 Å². The second-order valence-corrected chi connectivity index (χ2v) is 6.81. The van der Waals surface area contributed by atoms with Crippen molar-refractivity contribution in [1.29, 1.82) is 0 Å². The van der Waals surface area contributed by atoms with E-state index in [0.29, 0.717) is 0 Å². The van der Waals surface area contributed by atoms with Crippen molar-refractivity contribution in [3.8, 4) is 0 Å². The molecule has 2 aromatic rings. The van der Waals surface area contributed by atoms with E-state index in [1.807, 2.05) is 0 Å². The van der Waals surface area contributed by atoms with Crippen molar-refractivity contribution < 1.29 is 0 Å². The number of benzene rings is 1. The van der Waals surface area contributed by atoms with Gasteiger partial charge in [-0.2, -0.15) is 10.2 Å². The van der Waals surface area contributed by atoms with Crippen molar-refractivity contribution >= 4 is 11.6 Å². The van der Waals surface area contributed by atoms with Gasteiger partial charge in [-0.15, -0.1) is 11.6 Å². The predicted molar refractivity (Wildman–Crippen MR) is 103 cm³/mol. The van der Waals surface area contributed by atoms with Crippen LogP contribution in [0.1, 0.15) is 61.5 Å². The molecular weight excluding hydrogens is 316 g/mol. The van der Waals surface area contributed by atoms with Crippen LogP contribution < -0.4 is 0 Å². The van der Waals surface area contributed by atoms with E-state index in [9.17, 15) is 0 Å². The van der Waals surface area contributed by atoms with E-state index in [1.54, 1.807) is 0 Å². The molecule has 0 aliphatic carbocycles. The van der Waals surface area contributed by atoms with E-state index in [2.05, 4.69) is 53.5 Å². The SMILES string of the molecule is CCCCCc1ccc(CCc2ccc(CCCCCl)cc2)nn1. The Labute approximate surface area is 151 Å². The minimum Gasteiger partial charge on any atom is -0.155 e. The monoisotopic (exact) mass is 344 g/mol. The maximum absolute atomic E-state index is 5.72. The highest BCUT2D eigenvalue weighted by Gasteiger charge is 2.01. The summed E-state index contributed by atoms with van der Waals surface area (Å²) in [5.41, 5.74) is 4.97. The second kappa shape index (κ2) is 11.2. The van der Waals surface area contributed by atoms with Crippen LogP contribution in [0.5, 0.6) is 0 Å². The normalized spacial score (nSPS) is 10.9. The topological polar surface area (TPSA) is 25.8 Å². The van der Waals surface area contributed by atoms with Crippen LogP contribution in [0, 0.1) is 0 Å². The third kappa shape index (κ3) is 7.00. The highest BCUT2D eigenvalue weighted by Crippen LogP contribution is 2.11. The van der Waals surface area contributed by atoms with Crippen LogP contribution in [0.15, 0.2) is 36.4 Å². The molecule has 0 saturated carbocycles. The summed E-state index contributed by atoms with van der Waals surface area (Å²) in [4.78, 5) is 0. The van der Waals surface area contributed by atoms with Gasteiger partial charge in [-0.3, -0.25) is 0 Å². The van der Waals surface area contributed by atoms with Crippen molar-refractivity contribution in [2.75, 3.05) is 5.88 Å². The molecule has 1 aromatic heterocycles. The Hall–Kier alpha value is -1.41. The molecule has 2 rings (SSSR count). The van der Waals surface area contributed by atoms with Gasteiger partial charge in [0.15, 0.2) is 0 Å². The fraction of sp³-hybridized carbons (Fsp3) is 0.524. The Morgan fingerprint density at radius 2 is 1.25 bits per heavy atom. The molecule has 130 valence electrons. The Morgan fingerprint density at radius 3 is 1.83 bits per heavy atom. The van der Waals surface area contributed by atoms with Gasteiger partial charge in [-0.1, -0.05) is 44.0 Å². The summed E-state index contributed by atoms with van der Waals surface area (Å²) < 4.78 is 0. The molecule has 1 aromatic carbocycles. The number of nitrogens with zero attached hydrogens (tertiary/aromatic N) is 2. The van der Waals surface area contributed by atoms with Gasteiger partial charge in [0.25, 0.3) is 0 Å². The molecule has 0 amide bonds. The molecule has 24 heavy (non-hydrogen) atoms. The first-order valence-electron chi connectivity index (χ1n) is 9.27. The van der Waals surface area contributed by atoms with Crippen LogP contribution in [-0.4, -0.2) is 16.1 Å². The average Bonchev–Trinajstić information content (AvgIpc) is 2.63.